The summed E-state index contributed by atoms with van der Waals surface area (Å²) in [6.07, 6.45) is 4.05. The number of aliphatic hydroxyl groups is 1. The number of amides is 1. The topological polar surface area (TPSA) is 89.0 Å². The molecule has 2 aliphatic heterocycles. The Bertz CT molecular complexity index is 1230. The van der Waals surface area contributed by atoms with E-state index < -0.39 is 17.7 Å². The molecule has 7 nitrogen and oxygen atoms in total. The SMILES string of the molecule is CCc1ccc(/C(O)=C2\C(=O)C(=O)N(c3ccc4c(c3)OCO4)C2c2cccnc2)cc1. The van der Waals surface area contributed by atoms with Crippen LogP contribution in [0.4, 0.5) is 5.69 Å². The van der Waals surface area contributed by atoms with E-state index in [0.29, 0.717) is 28.3 Å². The summed E-state index contributed by atoms with van der Waals surface area (Å²) >= 11 is 0. The zero-order valence-corrected chi connectivity index (χ0v) is 17.3. The molecule has 0 bridgehead atoms. The van der Waals surface area contributed by atoms with Gasteiger partial charge >= 0.3 is 0 Å². The van der Waals surface area contributed by atoms with Crippen molar-refractivity contribution in [3.8, 4) is 11.5 Å². The third kappa shape index (κ3) is 3.19. The maximum Gasteiger partial charge on any atom is 0.300 e. The van der Waals surface area contributed by atoms with Gasteiger partial charge in [-0.2, -0.15) is 0 Å². The number of hydrogen-bond acceptors (Lipinski definition) is 6. The number of pyridine rings is 1. The molecule has 1 saturated heterocycles. The van der Waals surface area contributed by atoms with Gasteiger partial charge in [0.2, 0.25) is 6.79 Å². The second-order valence-corrected chi connectivity index (χ2v) is 7.54. The fourth-order valence-electron chi connectivity index (χ4n) is 4.04. The molecule has 2 aliphatic rings. The van der Waals surface area contributed by atoms with Gasteiger partial charge in [-0.15, -0.1) is 0 Å². The summed E-state index contributed by atoms with van der Waals surface area (Å²) in [5.41, 5.74) is 2.66. The van der Waals surface area contributed by atoms with E-state index >= 15 is 0 Å². The van der Waals surface area contributed by atoms with Gasteiger partial charge in [0.15, 0.2) is 11.5 Å². The highest BCUT2D eigenvalue weighted by Gasteiger charge is 2.47. The fraction of sp³-hybridized carbons (Fsp3) is 0.160. The summed E-state index contributed by atoms with van der Waals surface area (Å²) in [5.74, 6) is -0.648. The number of benzene rings is 2. The number of rotatable bonds is 4. The number of aryl methyl sites for hydroxylation is 1. The molecule has 1 N–H and O–H groups in total. The molecule has 3 aromatic rings. The van der Waals surface area contributed by atoms with Crippen molar-refractivity contribution in [2.24, 2.45) is 0 Å². The van der Waals surface area contributed by atoms with Gasteiger partial charge < -0.3 is 14.6 Å². The monoisotopic (exact) mass is 428 g/mol. The van der Waals surface area contributed by atoms with Gasteiger partial charge in [0.25, 0.3) is 11.7 Å². The van der Waals surface area contributed by atoms with E-state index in [9.17, 15) is 14.7 Å². The number of carbonyl (C=O) groups excluding carboxylic acids is 2. The lowest BCUT2D eigenvalue weighted by Gasteiger charge is -2.25. The number of anilines is 1. The molecule has 5 rings (SSSR count). The van der Waals surface area contributed by atoms with Crippen LogP contribution in [0, 0.1) is 0 Å². The molecule has 0 aliphatic carbocycles. The van der Waals surface area contributed by atoms with E-state index in [1.165, 1.54) is 4.90 Å². The van der Waals surface area contributed by atoms with E-state index in [-0.39, 0.29) is 18.1 Å². The molecule has 1 aromatic heterocycles. The van der Waals surface area contributed by atoms with Crippen molar-refractivity contribution in [2.75, 3.05) is 11.7 Å². The van der Waals surface area contributed by atoms with Crippen LogP contribution in [-0.2, 0) is 16.0 Å². The van der Waals surface area contributed by atoms with Crippen LogP contribution in [0.2, 0.25) is 0 Å². The van der Waals surface area contributed by atoms with Crippen molar-refractivity contribution < 1.29 is 24.2 Å². The molecule has 0 saturated carbocycles. The van der Waals surface area contributed by atoms with Crippen molar-refractivity contribution in [1.29, 1.82) is 0 Å². The number of nitrogens with zero attached hydrogens (tertiary/aromatic N) is 2. The molecular formula is C25H20N2O5. The fourth-order valence-corrected chi connectivity index (χ4v) is 4.04. The van der Waals surface area contributed by atoms with Crippen LogP contribution in [0.1, 0.15) is 29.7 Å². The molecule has 1 atom stereocenters. The third-order valence-electron chi connectivity index (χ3n) is 5.71. The van der Waals surface area contributed by atoms with Gasteiger partial charge in [0, 0.05) is 29.7 Å². The first-order chi connectivity index (χ1) is 15.6. The predicted octanol–water partition coefficient (Wildman–Crippen LogP) is 4.00. The zero-order chi connectivity index (χ0) is 22.2. The van der Waals surface area contributed by atoms with Crippen LogP contribution in [0.25, 0.3) is 5.76 Å². The van der Waals surface area contributed by atoms with Crippen LogP contribution in [0.5, 0.6) is 11.5 Å². The minimum atomic E-state index is -0.838. The Morgan fingerprint density at radius 1 is 1.09 bits per heavy atom. The summed E-state index contributed by atoms with van der Waals surface area (Å²) in [4.78, 5) is 31.9. The molecular weight excluding hydrogens is 408 g/mol. The smallest absolute Gasteiger partial charge is 0.300 e. The number of aromatic nitrogens is 1. The van der Waals surface area contributed by atoms with Gasteiger partial charge in [-0.3, -0.25) is 19.5 Å². The number of ketones is 1. The largest absolute Gasteiger partial charge is 0.507 e. The van der Waals surface area contributed by atoms with Crippen LogP contribution in [0.3, 0.4) is 0 Å². The molecule has 32 heavy (non-hydrogen) atoms. The molecule has 1 fully saturated rings. The van der Waals surface area contributed by atoms with Crippen molar-refractivity contribution in [2.45, 2.75) is 19.4 Å². The summed E-state index contributed by atoms with van der Waals surface area (Å²) in [7, 11) is 0. The second kappa shape index (κ2) is 7.85. The Morgan fingerprint density at radius 3 is 2.59 bits per heavy atom. The first-order valence-corrected chi connectivity index (χ1v) is 10.3. The van der Waals surface area contributed by atoms with Crippen molar-refractivity contribution in [3.63, 3.8) is 0 Å². The zero-order valence-electron chi connectivity index (χ0n) is 17.3. The Morgan fingerprint density at radius 2 is 1.88 bits per heavy atom. The summed E-state index contributed by atoms with van der Waals surface area (Å²) in [6.45, 7) is 2.13. The quantitative estimate of drug-likeness (QED) is 0.384. The standard InChI is InChI=1S/C25H20N2O5/c1-2-15-5-7-16(8-6-15)23(28)21-22(17-4-3-11-26-13-17)27(25(30)24(21)29)18-9-10-19-20(12-18)32-14-31-19/h3-13,22,28H,2,14H2,1H3/b23-21+. The lowest BCUT2D eigenvalue weighted by atomic mass is 9.95. The van der Waals surface area contributed by atoms with Crippen molar-refractivity contribution >= 4 is 23.1 Å². The van der Waals surface area contributed by atoms with Crippen molar-refractivity contribution in [3.05, 3.63) is 89.3 Å². The Hall–Kier alpha value is -4.13. The number of aliphatic hydroxyl groups excluding tert-OH is 1. The summed E-state index contributed by atoms with van der Waals surface area (Å²) < 4.78 is 10.8. The van der Waals surface area contributed by atoms with Gasteiger partial charge in [0.05, 0.1) is 11.6 Å². The number of hydrogen-bond donors (Lipinski definition) is 1. The molecule has 1 amide bonds. The maximum absolute atomic E-state index is 13.2. The number of fused-ring (bicyclic) bond motifs is 1. The Kier molecular flexibility index (Phi) is 4.86. The van der Waals surface area contributed by atoms with Gasteiger partial charge in [-0.25, -0.2) is 0 Å². The summed E-state index contributed by atoms with van der Waals surface area (Å²) in [5, 5.41) is 11.1. The molecule has 160 valence electrons. The van der Waals surface area contributed by atoms with E-state index in [1.54, 1.807) is 54.9 Å². The molecule has 1 unspecified atom stereocenters. The Labute approximate surface area is 184 Å². The van der Waals surface area contributed by atoms with Crippen LogP contribution in [0.15, 0.2) is 72.6 Å². The van der Waals surface area contributed by atoms with E-state index in [4.69, 9.17) is 9.47 Å². The molecule has 7 heteroatoms. The predicted molar refractivity (Wildman–Crippen MR) is 117 cm³/mol. The van der Waals surface area contributed by atoms with Crippen LogP contribution >= 0.6 is 0 Å². The molecule has 2 aromatic carbocycles. The molecule has 0 spiro atoms. The van der Waals surface area contributed by atoms with E-state index in [1.807, 2.05) is 19.1 Å². The average molecular weight is 428 g/mol. The molecule has 0 radical (unpaired) electrons. The van der Waals surface area contributed by atoms with Crippen LogP contribution in [-0.4, -0.2) is 28.6 Å². The third-order valence-corrected chi connectivity index (χ3v) is 5.71. The van der Waals surface area contributed by atoms with Crippen LogP contribution < -0.4 is 14.4 Å². The minimum Gasteiger partial charge on any atom is -0.507 e. The first kappa shape index (κ1) is 19.8. The highest BCUT2D eigenvalue weighted by Crippen LogP contribution is 2.44. The summed E-state index contributed by atoms with van der Waals surface area (Å²) in [6, 6.07) is 15.0. The highest BCUT2D eigenvalue weighted by atomic mass is 16.7. The minimum absolute atomic E-state index is 0.0184. The Balaban J connectivity index is 1.67. The highest BCUT2D eigenvalue weighted by molar-refractivity contribution is 6.51. The number of Topliss-reactive ketones (excluding diaryl/α,β-unsaturated/α-hetero) is 1. The van der Waals surface area contributed by atoms with Crippen molar-refractivity contribution in [1.82, 2.24) is 4.98 Å². The van der Waals surface area contributed by atoms with Gasteiger partial charge in [-0.05, 0) is 35.7 Å². The second-order valence-electron chi connectivity index (χ2n) is 7.54. The lowest BCUT2D eigenvalue weighted by Crippen LogP contribution is -2.29. The maximum atomic E-state index is 13.2. The van der Waals surface area contributed by atoms with Gasteiger partial charge in [0.1, 0.15) is 5.76 Å². The lowest BCUT2D eigenvalue weighted by molar-refractivity contribution is -0.132. The normalized spacial score (nSPS) is 18.9. The van der Waals surface area contributed by atoms with Gasteiger partial charge in [-0.1, -0.05) is 37.3 Å². The first-order valence-electron chi connectivity index (χ1n) is 10.3. The average Bonchev–Trinajstić information content (AvgIpc) is 3.41. The van der Waals surface area contributed by atoms with E-state index in [0.717, 1.165) is 12.0 Å². The molecule has 3 heterocycles. The number of carbonyl (C=O) groups is 2. The van der Waals surface area contributed by atoms with E-state index in [2.05, 4.69) is 4.98 Å². The number of ether oxygens (including phenoxy) is 2.